The van der Waals surface area contributed by atoms with Gasteiger partial charge in [0.1, 0.15) is 6.61 Å². The fourth-order valence-electron chi connectivity index (χ4n) is 1.79. The molecule has 21 heavy (non-hydrogen) atoms. The largest absolute Gasteiger partial charge is 0.493 e. The molecule has 0 aliphatic rings. The van der Waals surface area contributed by atoms with E-state index in [1.54, 1.807) is 14.2 Å². The second kappa shape index (κ2) is 11.3. The van der Waals surface area contributed by atoms with Crippen molar-refractivity contribution < 1.29 is 24.1 Å². The second-order valence-electron chi connectivity index (χ2n) is 4.30. The summed E-state index contributed by atoms with van der Waals surface area (Å²) in [6.45, 7) is 3.28. The van der Waals surface area contributed by atoms with E-state index < -0.39 is 0 Å². The Morgan fingerprint density at radius 1 is 1.10 bits per heavy atom. The van der Waals surface area contributed by atoms with E-state index in [0.29, 0.717) is 38.7 Å². The van der Waals surface area contributed by atoms with Gasteiger partial charge in [0, 0.05) is 25.8 Å². The second-order valence-corrected chi connectivity index (χ2v) is 4.30. The number of rotatable bonds is 12. The predicted octanol–water partition coefficient (Wildman–Crippen LogP) is 0.819. The zero-order valence-corrected chi connectivity index (χ0v) is 12.8. The summed E-state index contributed by atoms with van der Waals surface area (Å²) in [7, 11) is 3.29. The minimum absolute atomic E-state index is 0.0172. The number of hydrogen-bond acceptors (Lipinski definition) is 6. The number of aliphatic hydroxyl groups is 1. The average Bonchev–Trinajstić information content (AvgIpc) is 2.52. The average molecular weight is 299 g/mol. The molecule has 6 nitrogen and oxygen atoms in total. The van der Waals surface area contributed by atoms with Gasteiger partial charge in [-0.1, -0.05) is 12.1 Å². The zero-order chi connectivity index (χ0) is 15.3. The lowest BCUT2D eigenvalue weighted by molar-refractivity contribution is 0.0696. The SMILES string of the molecule is COCCNCc1cccc(OC)c1OCCOCCO. The van der Waals surface area contributed by atoms with Gasteiger partial charge in [-0.15, -0.1) is 0 Å². The van der Waals surface area contributed by atoms with Crippen LogP contribution in [0.25, 0.3) is 0 Å². The number of para-hydroxylation sites is 1. The number of benzene rings is 1. The van der Waals surface area contributed by atoms with Crippen LogP contribution in [0.2, 0.25) is 0 Å². The summed E-state index contributed by atoms with van der Waals surface area (Å²) < 4.78 is 21.3. The molecule has 1 rings (SSSR count). The Morgan fingerprint density at radius 2 is 1.95 bits per heavy atom. The van der Waals surface area contributed by atoms with E-state index >= 15 is 0 Å². The maximum Gasteiger partial charge on any atom is 0.165 e. The molecule has 0 saturated heterocycles. The summed E-state index contributed by atoms with van der Waals surface area (Å²) in [5.74, 6) is 1.42. The Kier molecular flexibility index (Phi) is 9.56. The first-order chi connectivity index (χ1) is 10.3. The molecule has 0 aromatic heterocycles. The van der Waals surface area contributed by atoms with Crippen molar-refractivity contribution in [3.05, 3.63) is 23.8 Å². The summed E-state index contributed by atoms with van der Waals surface area (Å²) in [5.41, 5.74) is 1.02. The van der Waals surface area contributed by atoms with E-state index in [2.05, 4.69) is 5.32 Å². The Bertz CT molecular complexity index is 386. The minimum atomic E-state index is 0.0172. The van der Waals surface area contributed by atoms with Gasteiger partial charge in [-0.3, -0.25) is 0 Å². The highest BCUT2D eigenvalue weighted by Gasteiger charge is 2.10. The van der Waals surface area contributed by atoms with Gasteiger partial charge in [-0.25, -0.2) is 0 Å². The quantitative estimate of drug-likeness (QED) is 0.557. The molecular weight excluding hydrogens is 274 g/mol. The van der Waals surface area contributed by atoms with Crippen LogP contribution in [-0.4, -0.2) is 58.9 Å². The van der Waals surface area contributed by atoms with E-state index in [1.807, 2.05) is 18.2 Å². The molecule has 1 aromatic rings. The molecule has 0 aliphatic carbocycles. The van der Waals surface area contributed by atoms with E-state index in [0.717, 1.165) is 17.9 Å². The summed E-state index contributed by atoms with van der Waals surface area (Å²) in [5, 5.41) is 11.9. The van der Waals surface area contributed by atoms with Crippen LogP contribution in [0.5, 0.6) is 11.5 Å². The van der Waals surface area contributed by atoms with Crippen molar-refractivity contribution in [2.24, 2.45) is 0 Å². The maximum atomic E-state index is 8.65. The van der Waals surface area contributed by atoms with E-state index in [1.165, 1.54) is 0 Å². The Morgan fingerprint density at radius 3 is 2.67 bits per heavy atom. The molecule has 0 fully saturated rings. The molecule has 0 aliphatic heterocycles. The zero-order valence-electron chi connectivity index (χ0n) is 12.8. The Hall–Kier alpha value is -1.34. The lowest BCUT2D eigenvalue weighted by atomic mass is 10.2. The van der Waals surface area contributed by atoms with Gasteiger partial charge < -0.3 is 29.4 Å². The van der Waals surface area contributed by atoms with Gasteiger partial charge in [-0.2, -0.15) is 0 Å². The smallest absolute Gasteiger partial charge is 0.165 e. The molecule has 0 atom stereocenters. The third-order valence-corrected chi connectivity index (χ3v) is 2.79. The van der Waals surface area contributed by atoms with E-state index in [9.17, 15) is 0 Å². The highest BCUT2D eigenvalue weighted by molar-refractivity contribution is 5.46. The van der Waals surface area contributed by atoms with Gasteiger partial charge in [0.05, 0.1) is 33.5 Å². The fraction of sp³-hybridized carbons (Fsp3) is 0.600. The van der Waals surface area contributed by atoms with E-state index in [-0.39, 0.29) is 6.61 Å². The molecule has 0 amide bonds. The highest BCUT2D eigenvalue weighted by atomic mass is 16.5. The monoisotopic (exact) mass is 299 g/mol. The number of methoxy groups -OCH3 is 2. The third-order valence-electron chi connectivity index (χ3n) is 2.79. The fourth-order valence-corrected chi connectivity index (χ4v) is 1.79. The van der Waals surface area contributed by atoms with Crippen LogP contribution in [0.1, 0.15) is 5.56 Å². The Labute approximate surface area is 126 Å². The van der Waals surface area contributed by atoms with Crippen LogP contribution in [0.3, 0.4) is 0 Å². The van der Waals surface area contributed by atoms with Crippen LogP contribution >= 0.6 is 0 Å². The molecule has 0 radical (unpaired) electrons. The number of ether oxygens (including phenoxy) is 4. The molecule has 1 aromatic carbocycles. The van der Waals surface area contributed by atoms with Gasteiger partial charge >= 0.3 is 0 Å². The summed E-state index contributed by atoms with van der Waals surface area (Å²) >= 11 is 0. The van der Waals surface area contributed by atoms with Crippen molar-refractivity contribution in [3.8, 4) is 11.5 Å². The van der Waals surface area contributed by atoms with Crippen LogP contribution in [0.4, 0.5) is 0 Å². The van der Waals surface area contributed by atoms with Crippen LogP contribution in [0.15, 0.2) is 18.2 Å². The molecule has 0 heterocycles. The minimum Gasteiger partial charge on any atom is -0.493 e. The normalized spacial score (nSPS) is 10.6. The first-order valence-electron chi connectivity index (χ1n) is 7.00. The first-order valence-corrected chi connectivity index (χ1v) is 7.00. The molecule has 0 unspecified atom stereocenters. The van der Waals surface area contributed by atoms with E-state index in [4.69, 9.17) is 24.1 Å². The van der Waals surface area contributed by atoms with Crippen molar-refractivity contribution in [2.75, 3.05) is 53.8 Å². The van der Waals surface area contributed by atoms with Gasteiger partial charge in [0.2, 0.25) is 0 Å². The summed E-state index contributed by atoms with van der Waals surface area (Å²) in [6, 6.07) is 5.79. The highest BCUT2D eigenvalue weighted by Crippen LogP contribution is 2.30. The van der Waals surface area contributed by atoms with Crippen molar-refractivity contribution >= 4 is 0 Å². The predicted molar refractivity (Wildman–Crippen MR) is 80.0 cm³/mol. The summed E-state index contributed by atoms with van der Waals surface area (Å²) in [4.78, 5) is 0. The topological polar surface area (TPSA) is 69.2 Å². The molecule has 6 heteroatoms. The lowest BCUT2D eigenvalue weighted by Gasteiger charge is -2.15. The summed E-state index contributed by atoms with van der Waals surface area (Å²) in [6.07, 6.45) is 0. The van der Waals surface area contributed by atoms with Gasteiger partial charge in [0.25, 0.3) is 0 Å². The molecule has 0 bridgehead atoms. The molecule has 0 spiro atoms. The number of nitrogens with one attached hydrogen (secondary N) is 1. The molecule has 2 N–H and O–H groups in total. The first kappa shape index (κ1) is 17.7. The van der Waals surface area contributed by atoms with Crippen molar-refractivity contribution in [1.29, 1.82) is 0 Å². The molecular formula is C15H25NO5. The van der Waals surface area contributed by atoms with Gasteiger partial charge in [0.15, 0.2) is 11.5 Å². The number of aliphatic hydroxyl groups excluding tert-OH is 1. The van der Waals surface area contributed by atoms with Crippen LogP contribution < -0.4 is 14.8 Å². The lowest BCUT2D eigenvalue weighted by Crippen LogP contribution is -2.19. The van der Waals surface area contributed by atoms with Crippen molar-refractivity contribution in [3.63, 3.8) is 0 Å². The standard InChI is InChI=1S/C15H25NO5/c1-18-8-6-16-12-13-4-3-5-14(19-2)15(13)21-11-10-20-9-7-17/h3-5,16-17H,6-12H2,1-2H3. The van der Waals surface area contributed by atoms with Crippen molar-refractivity contribution in [2.45, 2.75) is 6.54 Å². The Balaban J connectivity index is 2.55. The van der Waals surface area contributed by atoms with Crippen LogP contribution in [0, 0.1) is 0 Å². The van der Waals surface area contributed by atoms with Gasteiger partial charge in [-0.05, 0) is 6.07 Å². The van der Waals surface area contributed by atoms with Crippen molar-refractivity contribution in [1.82, 2.24) is 5.32 Å². The number of hydrogen-bond donors (Lipinski definition) is 2. The van der Waals surface area contributed by atoms with Crippen LogP contribution in [-0.2, 0) is 16.0 Å². The maximum absolute atomic E-state index is 8.65. The molecule has 0 saturated carbocycles. The molecule has 120 valence electrons. The third kappa shape index (κ3) is 6.77.